The zero-order chi connectivity index (χ0) is 34.2. The molecule has 1 aliphatic heterocycles. The molecule has 0 amide bonds. The molecule has 0 atom stereocenters. The van der Waals surface area contributed by atoms with Crippen molar-refractivity contribution >= 4 is 70.1 Å². The maximum atomic E-state index is 5.23. The molecule has 242 valence electrons. The molecule has 5 heteroatoms. The normalized spacial score (nSPS) is 12.2. The molecule has 0 saturated carbocycles. The molecule has 1 aliphatic rings. The van der Waals surface area contributed by atoms with Crippen molar-refractivity contribution in [1.29, 1.82) is 0 Å². The van der Waals surface area contributed by atoms with E-state index in [9.17, 15) is 0 Å². The predicted octanol–water partition coefficient (Wildman–Crippen LogP) is 13.0. The van der Waals surface area contributed by atoms with Crippen molar-refractivity contribution < 1.29 is 0 Å². The van der Waals surface area contributed by atoms with E-state index >= 15 is 0 Å². The third-order valence-electron chi connectivity index (χ3n) is 10.2. The van der Waals surface area contributed by atoms with Crippen molar-refractivity contribution in [3.05, 3.63) is 170 Å². The Labute approximate surface area is 303 Å². The molecule has 0 unspecified atom stereocenters. The molecule has 52 heavy (non-hydrogen) atoms. The molecule has 0 radical (unpaired) electrons. The summed E-state index contributed by atoms with van der Waals surface area (Å²) in [6, 6.07) is 60.3. The van der Waals surface area contributed by atoms with E-state index in [0.717, 1.165) is 33.8 Å². The lowest BCUT2D eigenvalue weighted by atomic mass is 9.87. The number of benzene rings is 8. The summed E-state index contributed by atoms with van der Waals surface area (Å²) in [7, 11) is 0. The van der Waals surface area contributed by atoms with Crippen LogP contribution in [0.25, 0.3) is 87.0 Å². The highest BCUT2D eigenvalue weighted by Crippen LogP contribution is 2.53. The SMILES string of the molecule is c1ccc(-c2nc(-c3cccc(N4c5ccc6ccccc6c5-c5cccc6cccc4c56)c3)nc(-c3cccc4c3sc3ccccc34)n2)cc1. The molecule has 8 aromatic carbocycles. The fourth-order valence-corrected chi connectivity index (χ4v) is 9.11. The highest BCUT2D eigenvalue weighted by molar-refractivity contribution is 7.26. The van der Waals surface area contributed by atoms with E-state index in [0.29, 0.717) is 17.5 Å². The van der Waals surface area contributed by atoms with E-state index in [1.807, 2.05) is 18.2 Å². The monoisotopic (exact) mass is 680 g/mol. The molecule has 0 fully saturated rings. The van der Waals surface area contributed by atoms with Gasteiger partial charge in [-0.25, -0.2) is 15.0 Å². The third kappa shape index (κ3) is 4.43. The fraction of sp³-hybridized carbons (Fsp3) is 0. The summed E-state index contributed by atoms with van der Waals surface area (Å²) in [6.45, 7) is 0. The van der Waals surface area contributed by atoms with Crippen molar-refractivity contribution in [3.63, 3.8) is 0 Å². The second-order valence-electron chi connectivity index (χ2n) is 13.2. The number of thiophene rings is 1. The van der Waals surface area contributed by atoms with Gasteiger partial charge in [0.05, 0.1) is 11.4 Å². The molecule has 0 N–H and O–H groups in total. The maximum Gasteiger partial charge on any atom is 0.165 e. The zero-order valence-electron chi connectivity index (χ0n) is 27.9. The Morgan fingerprint density at radius 3 is 1.98 bits per heavy atom. The predicted molar refractivity (Wildman–Crippen MR) is 218 cm³/mol. The van der Waals surface area contributed by atoms with Crippen molar-refractivity contribution in [1.82, 2.24) is 15.0 Å². The van der Waals surface area contributed by atoms with E-state index in [1.54, 1.807) is 11.3 Å². The van der Waals surface area contributed by atoms with E-state index in [-0.39, 0.29) is 0 Å². The molecule has 2 aromatic heterocycles. The molecule has 4 nitrogen and oxygen atoms in total. The van der Waals surface area contributed by atoms with E-state index in [2.05, 4.69) is 157 Å². The minimum Gasteiger partial charge on any atom is -0.309 e. The second-order valence-corrected chi connectivity index (χ2v) is 14.3. The zero-order valence-corrected chi connectivity index (χ0v) is 28.7. The first-order valence-electron chi connectivity index (χ1n) is 17.5. The lowest BCUT2D eigenvalue weighted by Crippen LogP contribution is -2.15. The van der Waals surface area contributed by atoms with Gasteiger partial charge < -0.3 is 4.90 Å². The Bertz CT molecular complexity index is 3030. The standard InChI is InChI=1S/C47H28N4S/c1-2-13-31(14-3-1)45-48-46(50-47(49-45)38-23-11-21-36-35-20-6-7-25-41(35)52-44(36)38)32-17-8-18-33(28-32)51-39-24-10-16-30-15-9-22-37(42(30)39)43-34-19-5-4-12-29(34)26-27-40(43)51/h1-28H. The lowest BCUT2D eigenvalue weighted by Gasteiger charge is -2.34. The average Bonchev–Trinajstić information content (AvgIpc) is 3.60. The topological polar surface area (TPSA) is 41.9 Å². The second kappa shape index (κ2) is 11.4. The van der Waals surface area contributed by atoms with Gasteiger partial charge in [-0.05, 0) is 58.1 Å². The van der Waals surface area contributed by atoms with Crippen LogP contribution in [0.2, 0.25) is 0 Å². The summed E-state index contributed by atoms with van der Waals surface area (Å²) in [5.74, 6) is 1.95. The number of hydrogen-bond donors (Lipinski definition) is 0. The van der Waals surface area contributed by atoms with Gasteiger partial charge in [0, 0.05) is 53.5 Å². The van der Waals surface area contributed by atoms with Crippen LogP contribution in [0.3, 0.4) is 0 Å². The number of aromatic nitrogens is 3. The molecule has 0 aliphatic carbocycles. The number of fused-ring (bicyclic) bond motifs is 7. The van der Waals surface area contributed by atoms with Gasteiger partial charge in [0.15, 0.2) is 17.5 Å². The smallest absolute Gasteiger partial charge is 0.165 e. The van der Waals surface area contributed by atoms with Crippen LogP contribution >= 0.6 is 11.3 Å². The Balaban J connectivity index is 1.13. The first-order valence-corrected chi connectivity index (χ1v) is 18.3. The Kier molecular flexibility index (Phi) is 6.39. The quantitative estimate of drug-likeness (QED) is 0.186. The number of anilines is 3. The van der Waals surface area contributed by atoms with Crippen LogP contribution in [-0.2, 0) is 0 Å². The van der Waals surface area contributed by atoms with E-state index in [4.69, 9.17) is 15.0 Å². The summed E-state index contributed by atoms with van der Waals surface area (Å²) in [4.78, 5) is 17.9. The first-order chi connectivity index (χ1) is 25.8. The lowest BCUT2D eigenvalue weighted by molar-refractivity contribution is 1.08. The largest absolute Gasteiger partial charge is 0.309 e. The average molecular weight is 681 g/mol. The van der Waals surface area contributed by atoms with Gasteiger partial charge >= 0.3 is 0 Å². The Morgan fingerprint density at radius 1 is 0.423 bits per heavy atom. The maximum absolute atomic E-state index is 5.23. The molecule has 0 spiro atoms. The molecule has 0 saturated heterocycles. The van der Waals surface area contributed by atoms with E-state index < -0.39 is 0 Å². The van der Waals surface area contributed by atoms with Gasteiger partial charge in [0.2, 0.25) is 0 Å². The minimum atomic E-state index is 0.637. The van der Waals surface area contributed by atoms with Crippen molar-refractivity contribution in [2.45, 2.75) is 0 Å². The fourth-order valence-electron chi connectivity index (χ4n) is 7.90. The van der Waals surface area contributed by atoms with Crippen LogP contribution in [0.1, 0.15) is 0 Å². The Hall–Kier alpha value is -6.69. The van der Waals surface area contributed by atoms with Crippen LogP contribution in [0.4, 0.5) is 17.1 Å². The van der Waals surface area contributed by atoms with Gasteiger partial charge in [-0.2, -0.15) is 0 Å². The number of nitrogens with zero attached hydrogens (tertiary/aromatic N) is 4. The number of rotatable bonds is 4. The molecule has 10 aromatic rings. The molecule has 3 heterocycles. The minimum absolute atomic E-state index is 0.637. The van der Waals surface area contributed by atoms with Crippen molar-refractivity contribution in [2.75, 3.05) is 4.90 Å². The van der Waals surface area contributed by atoms with Crippen LogP contribution in [-0.4, -0.2) is 15.0 Å². The van der Waals surface area contributed by atoms with Gasteiger partial charge in [0.25, 0.3) is 0 Å². The van der Waals surface area contributed by atoms with Crippen molar-refractivity contribution in [2.24, 2.45) is 0 Å². The first kappa shape index (κ1) is 29.1. The molecule has 11 rings (SSSR count). The van der Waals surface area contributed by atoms with E-state index in [1.165, 1.54) is 52.8 Å². The summed E-state index contributed by atoms with van der Waals surface area (Å²) in [6.07, 6.45) is 0. The summed E-state index contributed by atoms with van der Waals surface area (Å²) in [5, 5.41) is 7.42. The van der Waals surface area contributed by atoms with Crippen LogP contribution < -0.4 is 4.90 Å². The summed E-state index contributed by atoms with van der Waals surface area (Å²) in [5.41, 5.74) is 8.75. The van der Waals surface area contributed by atoms with Gasteiger partial charge in [-0.3, -0.25) is 0 Å². The van der Waals surface area contributed by atoms with Gasteiger partial charge in [-0.1, -0.05) is 133 Å². The molecular formula is C47H28N4S. The van der Waals surface area contributed by atoms with Gasteiger partial charge in [0.1, 0.15) is 0 Å². The molecular weight excluding hydrogens is 653 g/mol. The summed E-state index contributed by atoms with van der Waals surface area (Å²) < 4.78 is 2.43. The van der Waals surface area contributed by atoms with Crippen LogP contribution in [0.15, 0.2) is 170 Å². The van der Waals surface area contributed by atoms with Gasteiger partial charge in [-0.15, -0.1) is 11.3 Å². The highest BCUT2D eigenvalue weighted by atomic mass is 32.1. The molecule has 0 bridgehead atoms. The van der Waals surface area contributed by atoms with Crippen LogP contribution in [0, 0.1) is 0 Å². The third-order valence-corrected chi connectivity index (χ3v) is 11.4. The summed E-state index contributed by atoms with van der Waals surface area (Å²) >= 11 is 1.79. The van der Waals surface area contributed by atoms with Crippen LogP contribution in [0.5, 0.6) is 0 Å². The van der Waals surface area contributed by atoms with Crippen molar-refractivity contribution in [3.8, 4) is 45.3 Å². The number of hydrogen-bond acceptors (Lipinski definition) is 5. The Morgan fingerprint density at radius 2 is 1.08 bits per heavy atom. The highest BCUT2D eigenvalue weighted by Gasteiger charge is 2.28.